The smallest absolute Gasteiger partial charge is 0.337 e. The monoisotopic (exact) mass is 944 g/mol. The van der Waals surface area contributed by atoms with E-state index in [1.54, 1.807) is 29.2 Å². The predicted octanol–water partition coefficient (Wildman–Crippen LogP) is 9.78. The first-order valence-corrected chi connectivity index (χ1v) is 23.6. The third kappa shape index (κ3) is 11.0. The fourth-order valence-corrected chi connectivity index (χ4v) is 8.94. The molecule has 3 N–H and O–H groups in total. The number of hydrogen-bond donors (Lipinski definition) is 2. The zero-order valence-corrected chi connectivity index (χ0v) is 39.1. The van der Waals surface area contributed by atoms with E-state index < -0.39 is 0 Å². The Kier molecular flexibility index (Phi) is 14.7. The standard InChI is InChI=1S/C28H28N2O5.C27H28N4O4/c1-33-27(31)22-7-5-20(6-8-22)18-30(28(32)29-15-3-2-4-16-29)24-12-9-21(10-13-24)23-11-14-25-26(17-23)35-19-34-25;28-29-26(32)21-6-4-19(5-7-21)17-31(27(33)30-14-2-1-3-15-30)23-11-8-20(9-12-23)22-10-13-24-25(16-22)35-18-34-24/h5-14,17H,2-4,15-16,18-19H2,1H3;4-13,16H,1-3,14-15,17-18,28H2,(H,29,32). The number of fused-ring (bicyclic) bond motifs is 2. The quantitative estimate of drug-likeness (QED) is 0.0585. The number of esters is 1. The maximum atomic E-state index is 13.6. The minimum atomic E-state index is -0.378. The number of anilines is 2. The zero-order valence-electron chi connectivity index (χ0n) is 39.1. The highest BCUT2D eigenvalue weighted by atomic mass is 16.7. The summed E-state index contributed by atoms with van der Waals surface area (Å²) in [4.78, 5) is 58.1. The lowest BCUT2D eigenvalue weighted by molar-refractivity contribution is 0.0600. The molecule has 70 heavy (non-hydrogen) atoms. The summed E-state index contributed by atoms with van der Waals surface area (Å²) in [7, 11) is 1.36. The van der Waals surface area contributed by atoms with Crippen LogP contribution in [0.1, 0.15) is 70.4 Å². The third-order valence-corrected chi connectivity index (χ3v) is 12.9. The fraction of sp³-hybridized carbons (Fsp3) is 0.273. The van der Waals surface area contributed by atoms with Gasteiger partial charge in [-0.05, 0) is 145 Å². The SMILES string of the molecule is COC(=O)c1ccc(CN(C(=O)N2CCCCC2)c2ccc(-c3ccc4c(c3)OCO4)cc2)cc1.NNC(=O)c1ccc(CN(C(=O)N2CCCCC2)c2ccc(-c3ccc4c(c3)OCO4)cc2)cc1. The van der Waals surface area contributed by atoms with Gasteiger partial charge in [0.1, 0.15) is 0 Å². The molecule has 4 aliphatic heterocycles. The molecule has 360 valence electrons. The molecule has 15 heteroatoms. The van der Waals surface area contributed by atoms with Crippen molar-refractivity contribution in [2.45, 2.75) is 51.6 Å². The second kappa shape index (κ2) is 21.9. The van der Waals surface area contributed by atoms with Gasteiger partial charge in [-0.25, -0.2) is 20.2 Å². The van der Waals surface area contributed by atoms with Gasteiger partial charge in [0.25, 0.3) is 5.91 Å². The molecule has 4 aliphatic rings. The number of ether oxygens (including phenoxy) is 5. The molecular weight excluding hydrogens is 889 g/mol. The van der Waals surface area contributed by atoms with Crippen molar-refractivity contribution in [2.75, 3.05) is 56.7 Å². The first kappa shape index (κ1) is 47.0. The highest BCUT2D eigenvalue weighted by molar-refractivity contribution is 5.95. The van der Waals surface area contributed by atoms with Crippen molar-refractivity contribution < 1.29 is 42.9 Å². The largest absolute Gasteiger partial charge is 0.465 e. The second-order valence-corrected chi connectivity index (χ2v) is 17.4. The number of nitrogens with one attached hydrogen (secondary N) is 1. The molecular formula is C55H56N6O9. The molecule has 4 heterocycles. The Morgan fingerprint density at radius 3 is 1.29 bits per heavy atom. The van der Waals surface area contributed by atoms with E-state index in [9.17, 15) is 19.2 Å². The van der Waals surface area contributed by atoms with E-state index in [1.807, 2.05) is 124 Å². The Bertz CT molecular complexity index is 2600. The molecule has 5 amide bonds. The van der Waals surface area contributed by atoms with Crippen LogP contribution in [0.15, 0.2) is 133 Å². The number of carbonyl (C=O) groups is 4. The van der Waals surface area contributed by atoms with Crippen LogP contribution in [-0.2, 0) is 17.8 Å². The topological polar surface area (TPSA) is 165 Å². The molecule has 2 fully saturated rings. The summed E-state index contributed by atoms with van der Waals surface area (Å²) in [5.41, 5.74) is 10.7. The minimum Gasteiger partial charge on any atom is -0.465 e. The maximum absolute atomic E-state index is 13.6. The zero-order chi connectivity index (χ0) is 48.4. The average molecular weight is 945 g/mol. The van der Waals surface area contributed by atoms with E-state index in [-0.39, 0.29) is 37.5 Å². The lowest BCUT2D eigenvalue weighted by atomic mass is 10.0. The molecule has 0 aromatic heterocycles. The summed E-state index contributed by atoms with van der Waals surface area (Å²) < 4.78 is 26.6. The van der Waals surface area contributed by atoms with Crippen molar-refractivity contribution in [1.29, 1.82) is 0 Å². The lowest BCUT2D eigenvalue weighted by Gasteiger charge is -2.33. The molecule has 2 saturated heterocycles. The number of nitrogens with zero attached hydrogens (tertiary/aromatic N) is 4. The normalized spacial score (nSPS) is 14.5. The number of methoxy groups -OCH3 is 1. The fourth-order valence-electron chi connectivity index (χ4n) is 8.94. The van der Waals surface area contributed by atoms with Crippen LogP contribution >= 0.6 is 0 Å². The van der Waals surface area contributed by atoms with Gasteiger partial charge in [-0.15, -0.1) is 0 Å². The molecule has 6 aromatic rings. The lowest BCUT2D eigenvalue weighted by Crippen LogP contribution is -2.45. The van der Waals surface area contributed by atoms with Gasteiger partial charge in [0.2, 0.25) is 13.6 Å². The number of urea groups is 2. The van der Waals surface area contributed by atoms with Crippen LogP contribution in [0.5, 0.6) is 23.0 Å². The first-order valence-electron chi connectivity index (χ1n) is 23.6. The number of amides is 5. The van der Waals surface area contributed by atoms with Crippen molar-refractivity contribution >= 4 is 35.3 Å². The molecule has 6 aromatic carbocycles. The average Bonchev–Trinajstić information content (AvgIpc) is 4.12. The number of rotatable bonds is 10. The molecule has 0 radical (unpaired) electrons. The van der Waals surface area contributed by atoms with E-state index in [1.165, 1.54) is 7.11 Å². The minimum absolute atomic E-state index is 0.00225. The van der Waals surface area contributed by atoms with E-state index in [0.29, 0.717) is 24.2 Å². The number of nitrogen functional groups attached to an aromatic ring is 1. The summed E-state index contributed by atoms with van der Waals surface area (Å²) in [5, 5.41) is 0. The van der Waals surface area contributed by atoms with Gasteiger partial charge < -0.3 is 33.5 Å². The van der Waals surface area contributed by atoms with E-state index >= 15 is 0 Å². The molecule has 0 aliphatic carbocycles. The van der Waals surface area contributed by atoms with Crippen molar-refractivity contribution in [2.24, 2.45) is 5.84 Å². The Labute approximate surface area is 407 Å². The van der Waals surface area contributed by atoms with E-state index in [2.05, 4.69) is 5.43 Å². The van der Waals surface area contributed by atoms with Crippen LogP contribution in [0.2, 0.25) is 0 Å². The van der Waals surface area contributed by atoms with Gasteiger partial charge in [0.05, 0.1) is 25.8 Å². The van der Waals surface area contributed by atoms with Gasteiger partial charge in [-0.2, -0.15) is 0 Å². The number of carbonyl (C=O) groups excluding carboxylic acids is 4. The highest BCUT2D eigenvalue weighted by Crippen LogP contribution is 2.38. The number of hydrazine groups is 1. The summed E-state index contributed by atoms with van der Waals surface area (Å²) in [6.07, 6.45) is 6.39. The van der Waals surface area contributed by atoms with Crippen LogP contribution in [0, 0.1) is 0 Å². The van der Waals surface area contributed by atoms with Gasteiger partial charge >= 0.3 is 18.0 Å². The van der Waals surface area contributed by atoms with Crippen LogP contribution in [0.3, 0.4) is 0 Å². The van der Waals surface area contributed by atoms with Crippen LogP contribution < -0.4 is 40.0 Å². The molecule has 0 spiro atoms. The number of piperidine rings is 2. The van der Waals surface area contributed by atoms with E-state index in [4.69, 9.17) is 29.5 Å². The molecule has 15 nitrogen and oxygen atoms in total. The van der Waals surface area contributed by atoms with Gasteiger partial charge in [-0.3, -0.25) is 20.0 Å². The van der Waals surface area contributed by atoms with Crippen molar-refractivity contribution in [3.05, 3.63) is 156 Å². The van der Waals surface area contributed by atoms with Crippen LogP contribution in [0.4, 0.5) is 21.0 Å². The van der Waals surface area contributed by atoms with Gasteiger partial charge in [-0.1, -0.05) is 60.7 Å². The molecule has 0 bridgehead atoms. The Morgan fingerprint density at radius 1 is 0.500 bits per heavy atom. The predicted molar refractivity (Wildman–Crippen MR) is 266 cm³/mol. The molecule has 0 saturated carbocycles. The number of benzene rings is 6. The van der Waals surface area contributed by atoms with Crippen molar-refractivity contribution in [3.63, 3.8) is 0 Å². The van der Waals surface area contributed by atoms with Gasteiger partial charge in [0, 0.05) is 43.1 Å². The number of nitrogens with two attached hydrogens (primary N) is 1. The number of hydrogen-bond acceptors (Lipinski definition) is 10. The van der Waals surface area contributed by atoms with Crippen molar-refractivity contribution in [1.82, 2.24) is 15.2 Å². The third-order valence-electron chi connectivity index (χ3n) is 12.9. The molecule has 0 atom stereocenters. The van der Waals surface area contributed by atoms with Crippen molar-refractivity contribution in [3.8, 4) is 45.3 Å². The first-order chi connectivity index (χ1) is 34.2. The molecule has 0 unspecified atom stereocenters. The van der Waals surface area contributed by atoms with Crippen LogP contribution in [0.25, 0.3) is 22.3 Å². The Morgan fingerprint density at radius 2 is 0.886 bits per heavy atom. The number of likely N-dealkylation sites (tertiary alicyclic amines) is 2. The summed E-state index contributed by atoms with van der Waals surface area (Å²) in [6, 6.07) is 42.0. The molecule has 10 rings (SSSR count). The highest BCUT2D eigenvalue weighted by Gasteiger charge is 2.27. The second-order valence-electron chi connectivity index (χ2n) is 17.4. The maximum Gasteiger partial charge on any atom is 0.337 e. The Hall–Kier alpha value is -8.04. The van der Waals surface area contributed by atoms with E-state index in [0.717, 1.165) is 132 Å². The van der Waals surface area contributed by atoms with Gasteiger partial charge in [0.15, 0.2) is 23.0 Å². The summed E-state index contributed by atoms with van der Waals surface area (Å²) in [6.45, 7) is 4.34. The summed E-state index contributed by atoms with van der Waals surface area (Å²) >= 11 is 0. The Balaban J connectivity index is 0.000000174. The van der Waals surface area contributed by atoms with Crippen LogP contribution in [-0.4, -0.2) is 80.6 Å². The summed E-state index contributed by atoms with van der Waals surface area (Å²) in [5.74, 6) is 7.48.